The van der Waals surface area contributed by atoms with Gasteiger partial charge in [0.05, 0.1) is 19.0 Å². The molecule has 15 heavy (non-hydrogen) atoms. The molecular weight excluding hydrogens is 197 g/mol. The fourth-order valence-electron chi connectivity index (χ4n) is 1.62. The molecule has 0 spiro atoms. The predicted octanol–water partition coefficient (Wildman–Crippen LogP) is 0.994. The van der Waals surface area contributed by atoms with Crippen molar-refractivity contribution in [2.75, 3.05) is 19.7 Å². The predicted molar refractivity (Wildman–Crippen MR) is 53.1 cm³/mol. The molecule has 1 saturated heterocycles. The summed E-state index contributed by atoms with van der Waals surface area (Å²) >= 11 is 0. The minimum atomic E-state index is -0.441. The summed E-state index contributed by atoms with van der Waals surface area (Å²) in [5.74, 6) is 0.115. The molecule has 4 nitrogen and oxygen atoms in total. The Bertz CT molecular complexity index is 298. The Hall–Kier alpha value is -1.23. The van der Waals surface area contributed by atoms with E-state index in [2.05, 4.69) is 15.3 Å². The topological polar surface area (TPSA) is 47.0 Å². The van der Waals surface area contributed by atoms with Crippen LogP contribution < -0.4 is 10.1 Å². The number of nitrogens with one attached hydrogen (secondary N) is 1. The molecule has 2 heterocycles. The summed E-state index contributed by atoms with van der Waals surface area (Å²) in [5, 5.41) is 3.28. The summed E-state index contributed by atoms with van der Waals surface area (Å²) in [6.45, 7) is 2.70. The maximum absolute atomic E-state index is 12.5. The molecule has 0 unspecified atom stereocenters. The Labute approximate surface area is 87.9 Å². The molecule has 0 radical (unpaired) electrons. The van der Waals surface area contributed by atoms with Crippen molar-refractivity contribution in [1.82, 2.24) is 15.3 Å². The Morgan fingerprint density at radius 2 is 2.00 bits per heavy atom. The molecule has 1 aliphatic rings. The highest BCUT2D eigenvalue weighted by Gasteiger charge is 2.13. The van der Waals surface area contributed by atoms with Crippen LogP contribution in [-0.4, -0.2) is 29.7 Å². The van der Waals surface area contributed by atoms with Crippen molar-refractivity contribution < 1.29 is 9.13 Å². The van der Waals surface area contributed by atoms with Crippen molar-refractivity contribution in [3.63, 3.8) is 0 Å². The molecular formula is C10H14FN3O. The van der Waals surface area contributed by atoms with Gasteiger partial charge in [0.2, 0.25) is 0 Å². The van der Waals surface area contributed by atoms with E-state index in [0.717, 1.165) is 38.3 Å². The average molecular weight is 211 g/mol. The Morgan fingerprint density at radius 3 is 2.67 bits per heavy atom. The second kappa shape index (κ2) is 5.02. The van der Waals surface area contributed by atoms with Gasteiger partial charge in [0.25, 0.3) is 0 Å². The summed E-state index contributed by atoms with van der Waals surface area (Å²) in [7, 11) is 0. The minimum Gasteiger partial charge on any atom is -0.463 e. The lowest BCUT2D eigenvalue weighted by Crippen LogP contribution is -2.30. The molecule has 2 rings (SSSR count). The molecule has 0 aliphatic carbocycles. The van der Waals surface area contributed by atoms with Crippen LogP contribution in [0, 0.1) is 11.7 Å². The maximum Gasteiger partial charge on any atom is 0.316 e. The monoisotopic (exact) mass is 211 g/mol. The van der Waals surface area contributed by atoms with Gasteiger partial charge in [-0.1, -0.05) is 0 Å². The van der Waals surface area contributed by atoms with Crippen molar-refractivity contribution in [3.8, 4) is 6.01 Å². The summed E-state index contributed by atoms with van der Waals surface area (Å²) in [4.78, 5) is 7.48. The van der Waals surface area contributed by atoms with E-state index < -0.39 is 5.82 Å². The summed E-state index contributed by atoms with van der Waals surface area (Å²) in [5.41, 5.74) is 0. The highest BCUT2D eigenvalue weighted by atomic mass is 19.1. The first kappa shape index (κ1) is 10.3. The smallest absolute Gasteiger partial charge is 0.316 e. The number of piperidine rings is 1. The first-order valence-electron chi connectivity index (χ1n) is 5.15. The number of ether oxygens (including phenoxy) is 1. The van der Waals surface area contributed by atoms with Gasteiger partial charge < -0.3 is 10.1 Å². The van der Waals surface area contributed by atoms with Gasteiger partial charge in [-0.3, -0.25) is 0 Å². The lowest BCUT2D eigenvalue weighted by atomic mass is 9.99. The Morgan fingerprint density at radius 1 is 1.33 bits per heavy atom. The molecule has 1 aromatic heterocycles. The molecule has 1 N–H and O–H groups in total. The summed E-state index contributed by atoms with van der Waals surface area (Å²) in [6.07, 6.45) is 4.46. The lowest BCUT2D eigenvalue weighted by Gasteiger charge is -2.21. The van der Waals surface area contributed by atoms with Gasteiger partial charge in [-0.2, -0.15) is 0 Å². The zero-order valence-electron chi connectivity index (χ0n) is 8.45. The number of halogens is 1. The molecule has 0 amide bonds. The second-order valence-electron chi connectivity index (χ2n) is 3.69. The summed E-state index contributed by atoms with van der Waals surface area (Å²) in [6, 6.07) is 0.259. The van der Waals surface area contributed by atoms with Gasteiger partial charge in [-0.15, -0.1) is 0 Å². The molecule has 0 bridgehead atoms. The van der Waals surface area contributed by atoms with Crippen LogP contribution in [0.3, 0.4) is 0 Å². The van der Waals surface area contributed by atoms with E-state index in [4.69, 9.17) is 4.74 Å². The average Bonchev–Trinajstić information content (AvgIpc) is 2.30. The third kappa shape index (κ3) is 3.13. The van der Waals surface area contributed by atoms with E-state index in [9.17, 15) is 4.39 Å². The van der Waals surface area contributed by atoms with Crippen LogP contribution in [0.15, 0.2) is 12.4 Å². The van der Waals surface area contributed by atoms with Crippen LogP contribution in [0.25, 0.3) is 0 Å². The molecule has 82 valence electrons. The van der Waals surface area contributed by atoms with Crippen LogP contribution in [0.5, 0.6) is 6.01 Å². The zero-order valence-corrected chi connectivity index (χ0v) is 8.45. The van der Waals surface area contributed by atoms with Gasteiger partial charge in [-0.05, 0) is 31.8 Å². The summed E-state index contributed by atoms with van der Waals surface area (Å²) < 4.78 is 17.9. The fraction of sp³-hybridized carbons (Fsp3) is 0.600. The zero-order chi connectivity index (χ0) is 10.5. The van der Waals surface area contributed by atoms with Gasteiger partial charge in [0, 0.05) is 0 Å². The lowest BCUT2D eigenvalue weighted by molar-refractivity contribution is 0.201. The minimum absolute atomic E-state index is 0.259. The normalized spacial score (nSPS) is 17.7. The van der Waals surface area contributed by atoms with Gasteiger partial charge in [0.1, 0.15) is 0 Å². The van der Waals surface area contributed by atoms with Gasteiger partial charge in [0.15, 0.2) is 5.82 Å². The van der Waals surface area contributed by atoms with Crippen LogP contribution >= 0.6 is 0 Å². The number of rotatable bonds is 3. The second-order valence-corrected chi connectivity index (χ2v) is 3.69. The van der Waals surface area contributed by atoms with Crippen LogP contribution in [0.4, 0.5) is 4.39 Å². The number of hydrogen-bond donors (Lipinski definition) is 1. The molecule has 5 heteroatoms. The van der Waals surface area contributed by atoms with Crippen LogP contribution in [0.2, 0.25) is 0 Å². The largest absolute Gasteiger partial charge is 0.463 e. The van der Waals surface area contributed by atoms with E-state index >= 15 is 0 Å². The molecule has 0 aromatic carbocycles. The van der Waals surface area contributed by atoms with Crippen molar-refractivity contribution in [2.24, 2.45) is 5.92 Å². The number of nitrogens with zero attached hydrogens (tertiary/aromatic N) is 2. The van der Waals surface area contributed by atoms with E-state index in [1.165, 1.54) is 0 Å². The SMILES string of the molecule is Fc1cnc(OCC2CCNCC2)nc1. The number of hydrogen-bond acceptors (Lipinski definition) is 4. The molecule has 0 atom stereocenters. The first-order chi connectivity index (χ1) is 7.34. The van der Waals surface area contributed by atoms with Crippen LogP contribution in [0.1, 0.15) is 12.8 Å². The molecule has 1 aliphatic heterocycles. The highest BCUT2D eigenvalue weighted by Crippen LogP contribution is 2.12. The standard InChI is InChI=1S/C10H14FN3O/c11-9-5-13-10(14-6-9)15-7-8-1-3-12-4-2-8/h5-6,8,12H,1-4,7H2. The molecule has 1 aromatic rings. The maximum atomic E-state index is 12.5. The van der Waals surface area contributed by atoms with Crippen molar-refractivity contribution in [1.29, 1.82) is 0 Å². The Balaban J connectivity index is 1.79. The van der Waals surface area contributed by atoms with Crippen molar-refractivity contribution in [3.05, 3.63) is 18.2 Å². The van der Waals surface area contributed by atoms with E-state index in [0.29, 0.717) is 12.5 Å². The fourth-order valence-corrected chi connectivity index (χ4v) is 1.62. The van der Waals surface area contributed by atoms with Crippen LogP contribution in [-0.2, 0) is 0 Å². The van der Waals surface area contributed by atoms with E-state index in [1.807, 2.05) is 0 Å². The molecule has 1 fully saturated rings. The third-order valence-corrected chi connectivity index (χ3v) is 2.50. The highest BCUT2D eigenvalue weighted by molar-refractivity contribution is 4.95. The quantitative estimate of drug-likeness (QED) is 0.810. The third-order valence-electron chi connectivity index (χ3n) is 2.50. The van der Waals surface area contributed by atoms with Gasteiger partial charge in [-0.25, -0.2) is 14.4 Å². The first-order valence-corrected chi connectivity index (χ1v) is 5.15. The Kier molecular flexibility index (Phi) is 3.45. The van der Waals surface area contributed by atoms with Crippen molar-refractivity contribution in [2.45, 2.75) is 12.8 Å². The van der Waals surface area contributed by atoms with E-state index in [1.54, 1.807) is 0 Å². The molecule has 0 saturated carbocycles. The van der Waals surface area contributed by atoms with Gasteiger partial charge >= 0.3 is 6.01 Å². The number of aromatic nitrogens is 2. The van der Waals surface area contributed by atoms with Crippen molar-refractivity contribution >= 4 is 0 Å². The van der Waals surface area contributed by atoms with E-state index in [-0.39, 0.29) is 6.01 Å².